The van der Waals surface area contributed by atoms with Crippen molar-refractivity contribution in [3.05, 3.63) is 53.5 Å². The summed E-state index contributed by atoms with van der Waals surface area (Å²) in [5, 5.41) is 9.07. The van der Waals surface area contributed by atoms with Crippen molar-refractivity contribution in [1.82, 2.24) is 4.98 Å². The van der Waals surface area contributed by atoms with Gasteiger partial charge in [-0.3, -0.25) is 9.59 Å². The standard InChI is InChI=1S/C25H28FN3O5/c1-2-33-25(32)16-6-8-20(9-7-16)29-21-14-23(34-11-10-30)27-15-18(21)13-22(29)28-24(31)17-4-3-5-19(26)12-17/h3-5,12,14-16,20,30H,2,6-11,13H2,1H3. The van der Waals surface area contributed by atoms with Gasteiger partial charge in [0.1, 0.15) is 18.3 Å². The zero-order chi connectivity index (χ0) is 24.1. The molecule has 2 aromatic rings. The van der Waals surface area contributed by atoms with Gasteiger partial charge in [-0.2, -0.15) is 4.99 Å². The third kappa shape index (κ3) is 5.25. The molecule has 8 nitrogen and oxygen atoms in total. The normalized spacial score (nSPS) is 20.8. The Kier molecular flexibility index (Phi) is 7.52. The molecule has 1 amide bonds. The molecule has 0 radical (unpaired) electrons. The van der Waals surface area contributed by atoms with Crippen molar-refractivity contribution in [2.75, 3.05) is 24.7 Å². The third-order valence-corrected chi connectivity index (χ3v) is 6.15. The molecule has 0 saturated heterocycles. The van der Waals surface area contributed by atoms with E-state index in [2.05, 4.69) is 9.98 Å². The topological polar surface area (TPSA) is 101 Å². The quantitative estimate of drug-likeness (QED) is 0.621. The fraction of sp³-hybridized carbons (Fsp3) is 0.440. The zero-order valence-electron chi connectivity index (χ0n) is 19.1. The predicted molar refractivity (Wildman–Crippen MR) is 124 cm³/mol. The number of anilines is 1. The number of carbonyl (C=O) groups excluding carboxylic acids is 2. The lowest BCUT2D eigenvalue weighted by molar-refractivity contribution is -0.149. The summed E-state index contributed by atoms with van der Waals surface area (Å²) < 4.78 is 24.3. The first kappa shape index (κ1) is 23.8. The Balaban J connectivity index is 1.62. The second-order valence-electron chi connectivity index (χ2n) is 8.37. The Labute approximate surface area is 197 Å². The number of carbonyl (C=O) groups is 2. The van der Waals surface area contributed by atoms with Gasteiger partial charge >= 0.3 is 5.97 Å². The maximum atomic E-state index is 13.6. The lowest BCUT2D eigenvalue weighted by atomic mass is 9.85. The fourth-order valence-electron chi connectivity index (χ4n) is 4.57. The largest absolute Gasteiger partial charge is 0.475 e. The molecule has 1 saturated carbocycles. The van der Waals surface area contributed by atoms with Crippen LogP contribution in [0.1, 0.15) is 48.5 Å². The number of amidine groups is 1. The zero-order valence-corrected chi connectivity index (χ0v) is 19.1. The molecule has 34 heavy (non-hydrogen) atoms. The van der Waals surface area contributed by atoms with Crippen molar-refractivity contribution in [3.63, 3.8) is 0 Å². The van der Waals surface area contributed by atoms with Crippen LogP contribution in [0.5, 0.6) is 5.88 Å². The summed E-state index contributed by atoms with van der Waals surface area (Å²) in [6, 6.07) is 7.29. The molecule has 1 aliphatic carbocycles. The maximum absolute atomic E-state index is 13.6. The Morgan fingerprint density at radius 2 is 2.03 bits per heavy atom. The van der Waals surface area contributed by atoms with E-state index in [1.807, 2.05) is 4.90 Å². The number of hydrogen-bond acceptors (Lipinski definition) is 6. The Morgan fingerprint density at radius 3 is 2.74 bits per heavy atom. The van der Waals surface area contributed by atoms with Crippen molar-refractivity contribution in [2.45, 2.75) is 45.1 Å². The van der Waals surface area contributed by atoms with Crippen molar-refractivity contribution in [3.8, 4) is 5.88 Å². The summed E-state index contributed by atoms with van der Waals surface area (Å²) in [5.74, 6) is -0.377. The van der Waals surface area contributed by atoms with E-state index >= 15 is 0 Å². The van der Waals surface area contributed by atoms with E-state index in [9.17, 15) is 14.0 Å². The average molecular weight is 470 g/mol. The molecule has 0 bridgehead atoms. The number of benzene rings is 1. The summed E-state index contributed by atoms with van der Waals surface area (Å²) in [4.78, 5) is 35.7. The monoisotopic (exact) mass is 469 g/mol. The van der Waals surface area contributed by atoms with E-state index in [0.29, 0.717) is 37.6 Å². The van der Waals surface area contributed by atoms with Gasteiger partial charge in [-0.1, -0.05) is 6.07 Å². The fourth-order valence-corrected chi connectivity index (χ4v) is 4.57. The minimum absolute atomic E-state index is 0.0269. The van der Waals surface area contributed by atoms with Gasteiger partial charge in [0.15, 0.2) is 0 Å². The average Bonchev–Trinajstić information content (AvgIpc) is 3.20. The van der Waals surface area contributed by atoms with Crippen LogP contribution in [0.4, 0.5) is 10.1 Å². The van der Waals surface area contributed by atoms with Crippen LogP contribution < -0.4 is 9.64 Å². The van der Waals surface area contributed by atoms with Crippen LogP contribution >= 0.6 is 0 Å². The van der Waals surface area contributed by atoms with Gasteiger partial charge in [0.2, 0.25) is 5.88 Å². The van der Waals surface area contributed by atoms with Crippen LogP contribution in [0.2, 0.25) is 0 Å². The predicted octanol–water partition coefficient (Wildman–Crippen LogP) is 3.32. The van der Waals surface area contributed by atoms with Crippen LogP contribution in [0.25, 0.3) is 0 Å². The Hall–Kier alpha value is -3.33. The van der Waals surface area contributed by atoms with Gasteiger partial charge < -0.3 is 19.5 Å². The van der Waals surface area contributed by atoms with Gasteiger partial charge in [-0.15, -0.1) is 0 Å². The summed E-state index contributed by atoms with van der Waals surface area (Å²) in [6.45, 7) is 2.15. The number of ether oxygens (including phenoxy) is 2. The lowest BCUT2D eigenvalue weighted by Crippen LogP contribution is -2.42. The number of fused-ring (bicyclic) bond motifs is 1. The van der Waals surface area contributed by atoms with Crippen molar-refractivity contribution in [1.29, 1.82) is 0 Å². The smallest absolute Gasteiger partial charge is 0.308 e. The number of amides is 1. The first-order chi connectivity index (χ1) is 16.5. The number of esters is 1. The molecule has 4 rings (SSSR count). The number of aromatic nitrogens is 1. The molecular formula is C25H28FN3O5. The van der Waals surface area contributed by atoms with Crippen LogP contribution in [0.15, 0.2) is 41.5 Å². The Morgan fingerprint density at radius 1 is 1.24 bits per heavy atom. The number of aliphatic imine (C=N–C) groups is 1. The van der Waals surface area contributed by atoms with Gasteiger partial charge in [0.25, 0.3) is 5.91 Å². The molecule has 0 unspecified atom stereocenters. The number of pyridine rings is 1. The summed E-state index contributed by atoms with van der Waals surface area (Å²) >= 11 is 0. The summed E-state index contributed by atoms with van der Waals surface area (Å²) in [7, 11) is 0. The number of rotatable bonds is 7. The molecule has 2 heterocycles. The van der Waals surface area contributed by atoms with Crippen molar-refractivity contribution < 1.29 is 28.6 Å². The maximum Gasteiger partial charge on any atom is 0.308 e. The lowest BCUT2D eigenvalue weighted by Gasteiger charge is -2.35. The molecule has 180 valence electrons. The molecule has 9 heteroatoms. The number of aliphatic hydroxyl groups is 1. The molecule has 1 aromatic carbocycles. The first-order valence-electron chi connectivity index (χ1n) is 11.6. The minimum Gasteiger partial charge on any atom is -0.475 e. The van der Waals surface area contributed by atoms with Gasteiger partial charge in [-0.25, -0.2) is 9.37 Å². The van der Waals surface area contributed by atoms with Crippen LogP contribution in [0.3, 0.4) is 0 Å². The van der Waals surface area contributed by atoms with Crippen LogP contribution in [-0.4, -0.2) is 53.7 Å². The highest BCUT2D eigenvalue weighted by Gasteiger charge is 2.37. The van der Waals surface area contributed by atoms with Gasteiger partial charge in [0.05, 0.1) is 24.8 Å². The molecular weight excluding hydrogens is 441 g/mol. The van der Waals surface area contributed by atoms with Crippen LogP contribution in [0, 0.1) is 11.7 Å². The number of hydrogen-bond donors (Lipinski definition) is 1. The first-order valence-corrected chi connectivity index (χ1v) is 11.6. The molecule has 2 aliphatic rings. The molecule has 0 atom stereocenters. The van der Waals surface area contributed by atoms with E-state index in [4.69, 9.17) is 14.6 Å². The second kappa shape index (κ2) is 10.7. The summed E-state index contributed by atoms with van der Waals surface area (Å²) in [5.41, 5.74) is 1.92. The van der Waals surface area contributed by atoms with E-state index in [1.165, 1.54) is 24.3 Å². The second-order valence-corrected chi connectivity index (χ2v) is 8.37. The number of halogens is 1. The van der Waals surface area contributed by atoms with Crippen LogP contribution in [-0.2, 0) is 16.0 Å². The molecule has 1 N–H and O–H groups in total. The highest BCUT2D eigenvalue weighted by atomic mass is 19.1. The highest BCUT2D eigenvalue weighted by Crippen LogP contribution is 2.38. The SMILES string of the molecule is CCOC(=O)C1CCC(N2C(=NC(=O)c3cccc(F)c3)Cc3cnc(OCCO)cc32)CC1. The molecule has 1 aromatic heterocycles. The minimum atomic E-state index is -0.516. The number of aliphatic hydroxyl groups excluding tert-OH is 1. The molecule has 1 fully saturated rings. The molecule has 0 spiro atoms. The molecule has 1 aliphatic heterocycles. The van der Waals surface area contributed by atoms with E-state index in [-0.39, 0.29) is 36.7 Å². The van der Waals surface area contributed by atoms with E-state index in [0.717, 1.165) is 24.1 Å². The number of nitrogens with zero attached hydrogens (tertiary/aromatic N) is 3. The van der Waals surface area contributed by atoms with Crippen molar-refractivity contribution in [2.24, 2.45) is 10.9 Å². The third-order valence-electron chi connectivity index (χ3n) is 6.15. The van der Waals surface area contributed by atoms with Gasteiger partial charge in [-0.05, 0) is 50.8 Å². The van der Waals surface area contributed by atoms with E-state index in [1.54, 1.807) is 19.2 Å². The van der Waals surface area contributed by atoms with Gasteiger partial charge in [0, 0.05) is 35.9 Å². The summed E-state index contributed by atoms with van der Waals surface area (Å²) in [6.07, 6.45) is 4.91. The van der Waals surface area contributed by atoms with E-state index < -0.39 is 11.7 Å². The highest BCUT2D eigenvalue weighted by molar-refractivity contribution is 6.12. The van der Waals surface area contributed by atoms with Crippen molar-refractivity contribution >= 4 is 23.4 Å². The Bertz CT molecular complexity index is 1080.